The zero-order chi connectivity index (χ0) is 14.5. The Balaban J connectivity index is 1.80. The van der Waals surface area contributed by atoms with Crippen LogP contribution in [-0.4, -0.2) is 32.2 Å². The Labute approximate surface area is 124 Å². The topological polar surface area (TPSA) is 41.6 Å². The van der Waals surface area contributed by atoms with E-state index in [2.05, 4.69) is 10.2 Å². The monoisotopic (exact) mass is 282 g/mol. The summed E-state index contributed by atoms with van der Waals surface area (Å²) in [6, 6.07) is 17.1. The third-order valence-corrected chi connectivity index (χ3v) is 3.54. The highest BCUT2D eigenvalue weighted by Gasteiger charge is 2.16. The molecule has 0 unspecified atom stereocenters. The van der Waals surface area contributed by atoms with Gasteiger partial charge in [-0.2, -0.15) is 0 Å². The van der Waals surface area contributed by atoms with Crippen LogP contribution in [0, 0.1) is 0 Å². The molecular weight excluding hydrogens is 264 g/mol. The normalized spacial score (nSPS) is 14.8. The molecule has 1 amide bonds. The van der Waals surface area contributed by atoms with Crippen molar-refractivity contribution in [3.8, 4) is 0 Å². The molecule has 0 bridgehead atoms. The maximum atomic E-state index is 12.3. The number of carbonyl (C=O) groups is 1. The summed E-state index contributed by atoms with van der Waals surface area (Å²) in [5.74, 6) is -0.0868. The second-order valence-electron chi connectivity index (χ2n) is 4.94. The number of anilines is 2. The summed E-state index contributed by atoms with van der Waals surface area (Å²) >= 11 is 0. The molecule has 0 aromatic heterocycles. The Morgan fingerprint density at radius 1 is 0.952 bits per heavy atom. The molecule has 0 spiro atoms. The Morgan fingerprint density at radius 2 is 1.62 bits per heavy atom. The summed E-state index contributed by atoms with van der Waals surface area (Å²) in [4.78, 5) is 14.5. The molecule has 1 aliphatic rings. The second kappa shape index (κ2) is 6.41. The summed E-state index contributed by atoms with van der Waals surface area (Å²) in [5, 5.41) is 3.00. The molecule has 0 aliphatic carbocycles. The van der Waals surface area contributed by atoms with E-state index in [1.807, 2.05) is 54.6 Å². The molecular formula is C17H18N2O2. The third kappa shape index (κ3) is 3.23. The molecule has 4 nitrogen and oxygen atoms in total. The first kappa shape index (κ1) is 13.6. The van der Waals surface area contributed by atoms with Gasteiger partial charge in [0.25, 0.3) is 5.91 Å². The molecule has 0 saturated carbocycles. The fraction of sp³-hybridized carbons (Fsp3) is 0.235. The van der Waals surface area contributed by atoms with Crippen molar-refractivity contribution in [3.05, 3.63) is 60.2 Å². The van der Waals surface area contributed by atoms with Crippen LogP contribution >= 0.6 is 0 Å². The van der Waals surface area contributed by atoms with Crippen LogP contribution in [0.15, 0.2) is 54.6 Å². The first-order valence-electron chi connectivity index (χ1n) is 7.13. The van der Waals surface area contributed by atoms with Crippen LogP contribution in [-0.2, 0) is 4.74 Å². The van der Waals surface area contributed by atoms with Crippen molar-refractivity contribution in [3.63, 3.8) is 0 Å². The Bertz CT molecular complexity index is 607. The van der Waals surface area contributed by atoms with Gasteiger partial charge in [-0.1, -0.05) is 30.3 Å². The number of nitrogens with one attached hydrogen (secondary N) is 1. The summed E-state index contributed by atoms with van der Waals surface area (Å²) in [7, 11) is 0. The molecule has 0 atom stereocenters. The number of benzene rings is 2. The van der Waals surface area contributed by atoms with Crippen LogP contribution in [0.3, 0.4) is 0 Å². The molecule has 1 saturated heterocycles. The summed E-state index contributed by atoms with van der Waals surface area (Å²) in [6.07, 6.45) is 0. The van der Waals surface area contributed by atoms with Crippen LogP contribution in [0.4, 0.5) is 11.4 Å². The van der Waals surface area contributed by atoms with Crippen molar-refractivity contribution in [2.24, 2.45) is 0 Å². The lowest BCUT2D eigenvalue weighted by atomic mass is 10.2. The van der Waals surface area contributed by atoms with Gasteiger partial charge in [0.05, 0.1) is 24.6 Å². The van der Waals surface area contributed by atoms with Gasteiger partial charge in [-0.15, -0.1) is 0 Å². The minimum Gasteiger partial charge on any atom is -0.378 e. The largest absolute Gasteiger partial charge is 0.378 e. The molecule has 108 valence electrons. The first-order valence-corrected chi connectivity index (χ1v) is 7.13. The van der Waals surface area contributed by atoms with E-state index in [0.717, 1.165) is 37.7 Å². The van der Waals surface area contributed by atoms with Crippen molar-refractivity contribution in [1.82, 2.24) is 0 Å². The van der Waals surface area contributed by atoms with E-state index >= 15 is 0 Å². The van der Waals surface area contributed by atoms with Crippen LogP contribution in [0.2, 0.25) is 0 Å². The minimum atomic E-state index is -0.0868. The van der Waals surface area contributed by atoms with E-state index in [4.69, 9.17) is 4.74 Å². The summed E-state index contributed by atoms with van der Waals surface area (Å²) in [5.41, 5.74) is 2.55. The maximum Gasteiger partial charge on any atom is 0.255 e. The molecule has 2 aromatic rings. The van der Waals surface area contributed by atoms with Crippen molar-refractivity contribution in [2.75, 3.05) is 36.5 Å². The molecule has 4 heteroatoms. The van der Waals surface area contributed by atoms with Crippen LogP contribution in [0.25, 0.3) is 0 Å². The van der Waals surface area contributed by atoms with Crippen molar-refractivity contribution < 1.29 is 9.53 Å². The molecule has 3 rings (SSSR count). The number of hydrogen-bond donors (Lipinski definition) is 1. The maximum absolute atomic E-state index is 12.3. The highest BCUT2D eigenvalue weighted by atomic mass is 16.5. The van der Waals surface area contributed by atoms with Gasteiger partial charge >= 0.3 is 0 Å². The lowest BCUT2D eigenvalue weighted by Gasteiger charge is -2.30. The van der Waals surface area contributed by atoms with Crippen LogP contribution in [0.1, 0.15) is 10.4 Å². The predicted octanol–water partition coefficient (Wildman–Crippen LogP) is 2.78. The number of carbonyl (C=O) groups excluding carboxylic acids is 1. The van der Waals surface area contributed by atoms with E-state index in [1.165, 1.54) is 0 Å². The SMILES string of the molecule is O=C(Nc1ccccc1N1CCOCC1)c1ccccc1. The number of nitrogens with zero attached hydrogens (tertiary/aromatic N) is 1. The van der Waals surface area contributed by atoms with E-state index in [1.54, 1.807) is 0 Å². The first-order chi connectivity index (χ1) is 10.3. The lowest BCUT2D eigenvalue weighted by Crippen LogP contribution is -2.36. The number of amides is 1. The number of hydrogen-bond acceptors (Lipinski definition) is 3. The molecule has 1 aliphatic heterocycles. The average Bonchev–Trinajstić information content (AvgIpc) is 2.57. The highest BCUT2D eigenvalue weighted by Crippen LogP contribution is 2.26. The van der Waals surface area contributed by atoms with Crippen molar-refractivity contribution >= 4 is 17.3 Å². The smallest absolute Gasteiger partial charge is 0.255 e. The summed E-state index contributed by atoms with van der Waals surface area (Å²) < 4.78 is 5.38. The highest BCUT2D eigenvalue weighted by molar-refractivity contribution is 6.05. The second-order valence-corrected chi connectivity index (χ2v) is 4.94. The zero-order valence-corrected chi connectivity index (χ0v) is 11.8. The lowest BCUT2D eigenvalue weighted by molar-refractivity contribution is 0.102. The van der Waals surface area contributed by atoms with Gasteiger partial charge in [0, 0.05) is 18.7 Å². The fourth-order valence-electron chi connectivity index (χ4n) is 2.44. The molecule has 0 radical (unpaired) electrons. The molecule has 2 aromatic carbocycles. The van der Waals surface area contributed by atoms with Gasteiger partial charge in [-0.25, -0.2) is 0 Å². The summed E-state index contributed by atoms with van der Waals surface area (Å²) in [6.45, 7) is 3.14. The Hall–Kier alpha value is -2.33. The van der Waals surface area contributed by atoms with Gasteiger partial charge in [0.1, 0.15) is 0 Å². The van der Waals surface area contributed by atoms with E-state index in [0.29, 0.717) is 5.56 Å². The Kier molecular flexibility index (Phi) is 4.17. The van der Waals surface area contributed by atoms with Gasteiger partial charge in [0.2, 0.25) is 0 Å². The average molecular weight is 282 g/mol. The fourth-order valence-corrected chi connectivity index (χ4v) is 2.44. The third-order valence-electron chi connectivity index (χ3n) is 3.54. The van der Waals surface area contributed by atoms with E-state index < -0.39 is 0 Å². The van der Waals surface area contributed by atoms with E-state index in [9.17, 15) is 4.79 Å². The van der Waals surface area contributed by atoms with Gasteiger partial charge in [0.15, 0.2) is 0 Å². The van der Waals surface area contributed by atoms with Crippen molar-refractivity contribution in [1.29, 1.82) is 0 Å². The van der Waals surface area contributed by atoms with Crippen molar-refractivity contribution in [2.45, 2.75) is 0 Å². The number of para-hydroxylation sites is 2. The van der Waals surface area contributed by atoms with E-state index in [-0.39, 0.29) is 5.91 Å². The standard InChI is InChI=1S/C17H18N2O2/c20-17(14-6-2-1-3-7-14)18-15-8-4-5-9-16(15)19-10-12-21-13-11-19/h1-9H,10-13H2,(H,18,20). The van der Waals surface area contributed by atoms with Gasteiger partial charge < -0.3 is 15.0 Å². The van der Waals surface area contributed by atoms with Crippen LogP contribution < -0.4 is 10.2 Å². The molecule has 1 heterocycles. The number of ether oxygens (including phenoxy) is 1. The quantitative estimate of drug-likeness (QED) is 0.941. The minimum absolute atomic E-state index is 0.0868. The number of rotatable bonds is 3. The Morgan fingerprint density at radius 3 is 2.38 bits per heavy atom. The molecule has 21 heavy (non-hydrogen) atoms. The molecule has 1 N–H and O–H groups in total. The van der Waals surface area contributed by atoms with Gasteiger partial charge in [-0.3, -0.25) is 4.79 Å². The number of morpholine rings is 1. The zero-order valence-electron chi connectivity index (χ0n) is 11.8. The molecule has 1 fully saturated rings. The van der Waals surface area contributed by atoms with Crippen LogP contribution in [0.5, 0.6) is 0 Å². The van der Waals surface area contributed by atoms with Gasteiger partial charge in [-0.05, 0) is 24.3 Å². The predicted molar refractivity (Wildman–Crippen MR) is 83.9 cm³/mol.